The van der Waals surface area contributed by atoms with Crippen molar-refractivity contribution in [2.75, 3.05) is 0 Å². The van der Waals surface area contributed by atoms with Crippen LogP contribution in [-0.2, 0) is 9.13 Å². The van der Waals surface area contributed by atoms with Gasteiger partial charge in [0.25, 0.3) is 0 Å². The van der Waals surface area contributed by atoms with Gasteiger partial charge in [-0.15, -0.1) is 0 Å². The van der Waals surface area contributed by atoms with Gasteiger partial charge >= 0.3 is 143 Å². The first-order valence-corrected chi connectivity index (χ1v) is 4.38. The van der Waals surface area contributed by atoms with Crippen molar-refractivity contribution in [3.63, 3.8) is 0 Å². The molecule has 0 fully saturated rings. The van der Waals surface area contributed by atoms with E-state index in [9.17, 15) is 0 Å². The molecule has 14 heteroatoms. The second-order valence-corrected chi connectivity index (χ2v) is 2.68. The molecule has 8 nitrogen and oxygen atoms in total. The quantitative estimate of drug-likeness (QED) is 0.310. The van der Waals surface area contributed by atoms with Crippen LogP contribution in [-0.4, -0.2) is 143 Å². The molecule has 0 atom stereocenters. The van der Waals surface area contributed by atoms with Crippen LogP contribution in [0.25, 0.3) is 0 Å². The Hall–Kier alpha value is 5.00. The Balaban J connectivity index is -0.0000000178. The second kappa shape index (κ2) is 18.0. The Morgan fingerprint density at radius 2 is 0.571 bits per heavy atom. The van der Waals surface area contributed by atoms with Gasteiger partial charge in [-0.2, -0.15) is 15.6 Å². The van der Waals surface area contributed by atoms with Crippen molar-refractivity contribution in [3.05, 3.63) is 0 Å². The number of hydrogen-bond acceptors (Lipinski definition) is 8. The molecule has 66 valence electrons. The molecule has 0 unspecified atom stereocenters. The summed E-state index contributed by atoms with van der Waals surface area (Å²) < 4.78 is 17.1. The summed E-state index contributed by atoms with van der Waals surface area (Å²) in [4.78, 5) is 51.3. The monoisotopic (exact) mass is 334 g/mol. The van der Waals surface area contributed by atoms with Crippen molar-refractivity contribution in [2.24, 2.45) is 0 Å². The summed E-state index contributed by atoms with van der Waals surface area (Å²) in [6.07, 6.45) is 0. The van der Waals surface area contributed by atoms with Crippen molar-refractivity contribution in [3.8, 4) is 0 Å². The molecule has 0 aromatic carbocycles. The Labute approximate surface area is 192 Å². The summed E-state index contributed by atoms with van der Waals surface area (Å²) in [5, 5.41) is 0. The fraction of sp³-hybridized carbons (Fsp3) is 0. The predicted octanol–water partition coefficient (Wildman–Crippen LogP) is -7.44. The number of rotatable bonds is 0. The molecule has 0 bridgehead atoms. The van der Waals surface area contributed by atoms with Gasteiger partial charge in [0.1, 0.15) is 0 Å². The molecule has 0 spiro atoms. The molecule has 0 heterocycles. The summed E-state index contributed by atoms with van der Waals surface area (Å²) in [5.74, 6) is 0. The standard InChI is InChI=1S/3Ca.Na.2H3O4P.H/c;;;;2*1-5(2,3)4;/h;;;;2*(H3,1,2,3,4);/q3*+2;;;;/p-6. The van der Waals surface area contributed by atoms with E-state index in [0.717, 1.165) is 0 Å². The molecule has 0 saturated carbocycles. The summed E-state index contributed by atoms with van der Waals surface area (Å²) in [7, 11) is -10.8. The molecular formula is HCa3NaO8P2. The van der Waals surface area contributed by atoms with E-state index in [1.807, 2.05) is 0 Å². The van der Waals surface area contributed by atoms with E-state index in [-0.39, 0.29) is 143 Å². The van der Waals surface area contributed by atoms with Crippen molar-refractivity contribution in [1.29, 1.82) is 0 Å². The van der Waals surface area contributed by atoms with Gasteiger partial charge in [-0.1, -0.05) is 0 Å². The third-order valence-electron chi connectivity index (χ3n) is 0. The van der Waals surface area contributed by atoms with Gasteiger partial charge in [-0.3, -0.25) is 0 Å². The van der Waals surface area contributed by atoms with E-state index in [0.29, 0.717) is 0 Å². The van der Waals surface area contributed by atoms with E-state index in [4.69, 9.17) is 38.5 Å². The molecule has 0 saturated heterocycles. The normalized spacial score (nSPS) is 8.43. The average molecular weight is 334 g/mol. The fourth-order valence-corrected chi connectivity index (χ4v) is 0. The minimum atomic E-state index is -5.39. The van der Waals surface area contributed by atoms with Crippen LogP contribution in [0.4, 0.5) is 0 Å². The fourth-order valence-electron chi connectivity index (χ4n) is 0. The zero-order valence-corrected chi connectivity index (χ0v) is 14.7. The van der Waals surface area contributed by atoms with Crippen LogP contribution in [0, 0.1) is 0 Å². The summed E-state index contributed by atoms with van der Waals surface area (Å²) >= 11 is 0. The van der Waals surface area contributed by atoms with Crippen LogP contribution in [0.2, 0.25) is 0 Å². The summed E-state index contributed by atoms with van der Waals surface area (Å²) in [6.45, 7) is 0. The van der Waals surface area contributed by atoms with E-state index in [2.05, 4.69) is 0 Å². The van der Waals surface area contributed by atoms with Gasteiger partial charge in [0.05, 0.1) is 0 Å². The molecule has 14 heavy (non-hydrogen) atoms. The van der Waals surface area contributed by atoms with Crippen molar-refractivity contribution >= 4 is 158 Å². The van der Waals surface area contributed by atoms with Crippen LogP contribution in [0.1, 0.15) is 0 Å². The van der Waals surface area contributed by atoms with Crippen LogP contribution < -0.4 is 29.4 Å². The van der Waals surface area contributed by atoms with Gasteiger partial charge in [0, 0.05) is 0 Å². The molecular weight excluding hydrogens is 333 g/mol. The van der Waals surface area contributed by atoms with Crippen molar-refractivity contribution in [1.82, 2.24) is 0 Å². The average Bonchev–Trinajstić information content (AvgIpc) is 1.12. The number of phosphoric acid groups is 2. The molecule has 0 aromatic rings. The molecule has 0 aliphatic carbocycles. The maximum absolute atomic E-state index is 8.55. The van der Waals surface area contributed by atoms with Crippen molar-refractivity contribution in [2.45, 2.75) is 0 Å². The zero-order chi connectivity index (χ0) is 9.00. The second-order valence-electron chi connectivity index (χ2n) is 0.894. The molecule has 0 N–H and O–H groups in total. The Bertz CT molecular complexity index is 135. The van der Waals surface area contributed by atoms with E-state index in [1.165, 1.54) is 0 Å². The maximum atomic E-state index is 8.55. The first-order chi connectivity index (χ1) is 4.00. The SMILES string of the molecule is O=P([O-])([O-])[O-].O=P([O-])([O-])[O-].[Ca+2].[Ca+2].[Ca+2].[NaH]. The van der Waals surface area contributed by atoms with Crippen LogP contribution in [0.15, 0.2) is 0 Å². The molecule has 0 aliphatic heterocycles. The summed E-state index contributed by atoms with van der Waals surface area (Å²) in [5.41, 5.74) is 0. The molecule has 0 amide bonds. The van der Waals surface area contributed by atoms with Gasteiger partial charge in [0.15, 0.2) is 0 Å². The number of hydrogen-bond donors (Lipinski definition) is 0. The first-order valence-electron chi connectivity index (χ1n) is 1.46. The van der Waals surface area contributed by atoms with E-state index < -0.39 is 15.6 Å². The Morgan fingerprint density at radius 1 is 0.571 bits per heavy atom. The van der Waals surface area contributed by atoms with Gasteiger partial charge in [-0.25, -0.2) is 0 Å². The van der Waals surface area contributed by atoms with Crippen molar-refractivity contribution < 1.29 is 38.5 Å². The minimum absolute atomic E-state index is 0. The van der Waals surface area contributed by atoms with Gasteiger partial charge in [0.2, 0.25) is 0 Å². The third-order valence-corrected chi connectivity index (χ3v) is 0. The summed E-state index contributed by atoms with van der Waals surface area (Å²) in [6, 6.07) is 0. The molecule has 0 aliphatic rings. The van der Waals surface area contributed by atoms with Gasteiger partial charge < -0.3 is 38.5 Å². The van der Waals surface area contributed by atoms with Crippen LogP contribution in [0.5, 0.6) is 0 Å². The topological polar surface area (TPSA) is 172 Å². The predicted molar refractivity (Wildman–Crippen MR) is 39.6 cm³/mol. The first kappa shape index (κ1) is 36.4. The Kier molecular flexibility index (Phi) is 46.8. The molecule has 0 radical (unpaired) electrons. The third kappa shape index (κ3) is 174. The van der Waals surface area contributed by atoms with Gasteiger partial charge in [-0.05, 0) is 0 Å². The van der Waals surface area contributed by atoms with E-state index in [1.54, 1.807) is 0 Å². The van der Waals surface area contributed by atoms with Crippen LogP contribution in [0.3, 0.4) is 0 Å². The van der Waals surface area contributed by atoms with Crippen LogP contribution >= 0.6 is 15.6 Å². The van der Waals surface area contributed by atoms with E-state index >= 15 is 0 Å². The Morgan fingerprint density at radius 3 is 0.571 bits per heavy atom. The molecule has 0 aromatic heterocycles. The molecule has 0 rings (SSSR count). The zero-order valence-electron chi connectivity index (χ0n) is 6.28.